The van der Waals surface area contributed by atoms with E-state index < -0.39 is 0 Å². The molecule has 1 aliphatic heterocycles. The first-order valence-corrected chi connectivity index (χ1v) is 7.26. The SMILES string of the molecule is CC(C)CN1CCN(CC2CC2)CC1CCO. The Labute approximate surface area is 106 Å². The van der Waals surface area contributed by atoms with Crippen LogP contribution < -0.4 is 0 Å². The summed E-state index contributed by atoms with van der Waals surface area (Å²) in [7, 11) is 0. The molecule has 1 saturated heterocycles. The fourth-order valence-corrected chi connectivity index (χ4v) is 2.92. The smallest absolute Gasteiger partial charge is 0.0446 e. The van der Waals surface area contributed by atoms with E-state index in [1.165, 1.54) is 45.6 Å². The molecule has 1 aliphatic carbocycles. The van der Waals surface area contributed by atoms with E-state index in [1.807, 2.05) is 0 Å². The molecule has 1 atom stereocenters. The molecule has 2 fully saturated rings. The molecule has 100 valence electrons. The van der Waals surface area contributed by atoms with Gasteiger partial charge in [-0.05, 0) is 31.1 Å². The van der Waals surface area contributed by atoms with Crippen LogP contribution in [0.2, 0.25) is 0 Å². The predicted molar refractivity (Wildman–Crippen MR) is 71.1 cm³/mol. The monoisotopic (exact) mass is 240 g/mol. The van der Waals surface area contributed by atoms with Crippen molar-refractivity contribution in [1.29, 1.82) is 0 Å². The Hall–Kier alpha value is -0.120. The minimum Gasteiger partial charge on any atom is -0.396 e. The van der Waals surface area contributed by atoms with E-state index in [0.717, 1.165) is 18.3 Å². The maximum absolute atomic E-state index is 9.21. The third-order valence-electron chi connectivity index (χ3n) is 3.96. The lowest BCUT2D eigenvalue weighted by atomic mass is 10.1. The van der Waals surface area contributed by atoms with Gasteiger partial charge in [-0.15, -0.1) is 0 Å². The first kappa shape index (κ1) is 13.3. The summed E-state index contributed by atoms with van der Waals surface area (Å²) in [6.45, 7) is 11.0. The molecule has 0 bridgehead atoms. The lowest BCUT2D eigenvalue weighted by molar-refractivity contribution is 0.0492. The number of hydrogen-bond donors (Lipinski definition) is 1. The van der Waals surface area contributed by atoms with Crippen molar-refractivity contribution < 1.29 is 5.11 Å². The Balaban J connectivity index is 1.82. The first-order valence-electron chi connectivity index (χ1n) is 7.26. The summed E-state index contributed by atoms with van der Waals surface area (Å²) >= 11 is 0. The van der Waals surface area contributed by atoms with Crippen molar-refractivity contribution >= 4 is 0 Å². The highest BCUT2D eigenvalue weighted by atomic mass is 16.3. The second-order valence-electron chi connectivity index (χ2n) is 6.26. The summed E-state index contributed by atoms with van der Waals surface area (Å²) < 4.78 is 0. The second-order valence-corrected chi connectivity index (χ2v) is 6.26. The van der Waals surface area contributed by atoms with Gasteiger partial charge in [0.2, 0.25) is 0 Å². The molecule has 0 aromatic heterocycles. The van der Waals surface area contributed by atoms with Gasteiger partial charge < -0.3 is 10.0 Å². The molecule has 1 heterocycles. The normalized spacial score (nSPS) is 27.9. The van der Waals surface area contributed by atoms with Gasteiger partial charge >= 0.3 is 0 Å². The molecular formula is C14H28N2O. The van der Waals surface area contributed by atoms with Crippen molar-refractivity contribution in [3.8, 4) is 0 Å². The molecule has 17 heavy (non-hydrogen) atoms. The van der Waals surface area contributed by atoms with Crippen molar-refractivity contribution in [3.05, 3.63) is 0 Å². The Morgan fingerprint density at radius 3 is 2.59 bits per heavy atom. The van der Waals surface area contributed by atoms with E-state index >= 15 is 0 Å². The topological polar surface area (TPSA) is 26.7 Å². The van der Waals surface area contributed by atoms with Crippen LogP contribution >= 0.6 is 0 Å². The molecule has 2 rings (SSSR count). The summed E-state index contributed by atoms with van der Waals surface area (Å²) in [5, 5.41) is 9.21. The van der Waals surface area contributed by atoms with Crippen LogP contribution in [0.1, 0.15) is 33.1 Å². The van der Waals surface area contributed by atoms with Crippen LogP contribution in [0.3, 0.4) is 0 Å². The van der Waals surface area contributed by atoms with Crippen LogP contribution in [0.25, 0.3) is 0 Å². The van der Waals surface area contributed by atoms with Gasteiger partial charge in [0.1, 0.15) is 0 Å². The highest BCUT2D eigenvalue weighted by Gasteiger charge is 2.30. The summed E-state index contributed by atoms with van der Waals surface area (Å²) in [5.41, 5.74) is 0. The number of rotatable bonds is 6. The minimum atomic E-state index is 0.330. The third-order valence-corrected chi connectivity index (χ3v) is 3.96. The van der Waals surface area contributed by atoms with E-state index in [-0.39, 0.29) is 0 Å². The molecule has 0 spiro atoms. The van der Waals surface area contributed by atoms with Crippen molar-refractivity contribution in [1.82, 2.24) is 9.80 Å². The van der Waals surface area contributed by atoms with Gasteiger partial charge in [-0.2, -0.15) is 0 Å². The van der Waals surface area contributed by atoms with Crippen LogP contribution in [-0.4, -0.2) is 60.3 Å². The molecule has 1 unspecified atom stereocenters. The molecule has 3 nitrogen and oxygen atoms in total. The maximum Gasteiger partial charge on any atom is 0.0446 e. The van der Waals surface area contributed by atoms with Gasteiger partial charge in [-0.3, -0.25) is 4.90 Å². The average Bonchev–Trinajstić information content (AvgIpc) is 3.06. The first-order chi connectivity index (χ1) is 8.19. The molecule has 0 radical (unpaired) electrons. The average molecular weight is 240 g/mol. The van der Waals surface area contributed by atoms with Crippen molar-refractivity contribution in [2.24, 2.45) is 11.8 Å². The minimum absolute atomic E-state index is 0.330. The highest BCUT2D eigenvalue weighted by molar-refractivity contribution is 4.86. The molecule has 1 N–H and O–H groups in total. The summed E-state index contributed by atoms with van der Waals surface area (Å²) in [6, 6.07) is 0.579. The van der Waals surface area contributed by atoms with Crippen molar-refractivity contribution in [3.63, 3.8) is 0 Å². The fraction of sp³-hybridized carbons (Fsp3) is 1.00. The van der Waals surface area contributed by atoms with Gasteiger partial charge in [0, 0.05) is 45.4 Å². The number of aliphatic hydroxyl groups is 1. The Morgan fingerprint density at radius 1 is 1.24 bits per heavy atom. The lowest BCUT2D eigenvalue weighted by Crippen LogP contribution is -2.54. The van der Waals surface area contributed by atoms with Gasteiger partial charge in [0.05, 0.1) is 0 Å². The zero-order valence-electron chi connectivity index (χ0n) is 11.4. The summed E-state index contributed by atoms with van der Waals surface area (Å²) in [4.78, 5) is 5.21. The van der Waals surface area contributed by atoms with Gasteiger partial charge in [-0.25, -0.2) is 0 Å². The molecule has 0 aromatic rings. The highest BCUT2D eigenvalue weighted by Crippen LogP contribution is 2.30. The number of aliphatic hydroxyl groups excluding tert-OH is 1. The molecule has 2 aliphatic rings. The summed E-state index contributed by atoms with van der Waals surface area (Å²) in [6.07, 6.45) is 3.82. The molecule has 1 saturated carbocycles. The van der Waals surface area contributed by atoms with E-state index in [0.29, 0.717) is 12.6 Å². The van der Waals surface area contributed by atoms with E-state index in [1.54, 1.807) is 0 Å². The van der Waals surface area contributed by atoms with E-state index in [4.69, 9.17) is 0 Å². The Morgan fingerprint density at radius 2 is 2.00 bits per heavy atom. The van der Waals surface area contributed by atoms with Crippen LogP contribution in [0.4, 0.5) is 0 Å². The molecule has 3 heteroatoms. The van der Waals surface area contributed by atoms with E-state index in [2.05, 4.69) is 23.6 Å². The Bertz CT molecular complexity index is 228. The van der Waals surface area contributed by atoms with Gasteiger partial charge in [-0.1, -0.05) is 13.8 Å². The Kier molecular flexibility index (Phi) is 4.83. The lowest BCUT2D eigenvalue weighted by Gasteiger charge is -2.42. The van der Waals surface area contributed by atoms with E-state index in [9.17, 15) is 5.11 Å². The van der Waals surface area contributed by atoms with Gasteiger partial charge in [0.25, 0.3) is 0 Å². The third kappa shape index (κ3) is 4.23. The van der Waals surface area contributed by atoms with Crippen LogP contribution in [0.5, 0.6) is 0 Å². The zero-order valence-corrected chi connectivity index (χ0v) is 11.4. The standard InChI is InChI=1S/C14H28N2O/c1-12(2)9-16-7-6-15(10-13-3-4-13)11-14(16)5-8-17/h12-14,17H,3-11H2,1-2H3. The van der Waals surface area contributed by atoms with Crippen LogP contribution in [-0.2, 0) is 0 Å². The van der Waals surface area contributed by atoms with Gasteiger partial charge in [0.15, 0.2) is 0 Å². The maximum atomic E-state index is 9.21. The van der Waals surface area contributed by atoms with Crippen LogP contribution in [0.15, 0.2) is 0 Å². The fourth-order valence-electron chi connectivity index (χ4n) is 2.92. The number of piperazine rings is 1. The molecule has 0 aromatic carbocycles. The van der Waals surface area contributed by atoms with Crippen molar-refractivity contribution in [2.75, 3.05) is 39.3 Å². The molecular weight excluding hydrogens is 212 g/mol. The van der Waals surface area contributed by atoms with Crippen LogP contribution in [0, 0.1) is 11.8 Å². The number of nitrogens with zero attached hydrogens (tertiary/aromatic N) is 2. The quantitative estimate of drug-likeness (QED) is 0.761. The molecule has 0 amide bonds. The predicted octanol–water partition coefficient (Wildman–Crippen LogP) is 1.42. The number of hydrogen-bond acceptors (Lipinski definition) is 3. The largest absolute Gasteiger partial charge is 0.396 e. The summed E-state index contributed by atoms with van der Waals surface area (Å²) in [5.74, 6) is 1.72. The van der Waals surface area contributed by atoms with Crippen molar-refractivity contribution in [2.45, 2.75) is 39.2 Å². The second kappa shape index (κ2) is 6.17. The zero-order chi connectivity index (χ0) is 12.3.